The van der Waals surface area contributed by atoms with Crippen LogP contribution in [0, 0.1) is 17.0 Å². The molecule has 0 aliphatic carbocycles. The number of rotatable bonds is 7. The van der Waals surface area contributed by atoms with Crippen molar-refractivity contribution in [1.82, 2.24) is 5.16 Å². The maximum Gasteiger partial charge on any atom is 0.334 e. The van der Waals surface area contributed by atoms with Gasteiger partial charge in [0, 0.05) is 18.4 Å². The lowest BCUT2D eigenvalue weighted by Crippen LogP contribution is -2.13. The average Bonchev–Trinajstić information content (AvgIpc) is 3.08. The van der Waals surface area contributed by atoms with Gasteiger partial charge in [0.25, 0.3) is 0 Å². The van der Waals surface area contributed by atoms with E-state index in [1.807, 2.05) is 54.6 Å². The van der Waals surface area contributed by atoms with Crippen molar-refractivity contribution in [2.45, 2.75) is 51.9 Å². The Morgan fingerprint density at radius 2 is 1.73 bits per heavy atom. The van der Waals surface area contributed by atoms with Crippen LogP contribution in [0.1, 0.15) is 66.0 Å². The Bertz CT molecular complexity index is 1030. The van der Waals surface area contributed by atoms with Gasteiger partial charge in [0.05, 0.1) is 4.92 Å². The second kappa shape index (κ2) is 8.61. The minimum Gasteiger partial charge on any atom is -0.354 e. The van der Waals surface area contributed by atoms with Crippen LogP contribution in [0.3, 0.4) is 0 Å². The van der Waals surface area contributed by atoms with Crippen LogP contribution in [0.4, 0.5) is 5.69 Å². The minimum absolute atomic E-state index is 0.0109. The first-order valence-electron chi connectivity index (χ1n) is 9.95. The monoisotopic (exact) mass is 406 g/mol. The van der Waals surface area contributed by atoms with E-state index in [1.54, 1.807) is 6.92 Å². The number of hydrogen-bond donors (Lipinski definition) is 0. The lowest BCUT2D eigenvalue weighted by Gasteiger charge is -2.19. The maximum absolute atomic E-state index is 13.0. The van der Waals surface area contributed by atoms with Crippen LogP contribution >= 0.6 is 0 Å². The summed E-state index contributed by atoms with van der Waals surface area (Å²) >= 11 is 0. The highest BCUT2D eigenvalue weighted by Gasteiger charge is 2.28. The van der Waals surface area contributed by atoms with Crippen LogP contribution in [0.15, 0.2) is 59.1 Å². The summed E-state index contributed by atoms with van der Waals surface area (Å²) in [6.07, 6.45) is 0.447. The molecule has 0 saturated carbocycles. The normalized spacial score (nSPS) is 12.5. The van der Waals surface area contributed by atoms with Gasteiger partial charge in [-0.1, -0.05) is 80.5 Å². The van der Waals surface area contributed by atoms with E-state index in [0.29, 0.717) is 5.56 Å². The molecule has 0 spiro atoms. The van der Waals surface area contributed by atoms with E-state index in [-0.39, 0.29) is 47.1 Å². The number of aromatic nitrogens is 1. The number of benzene rings is 2. The van der Waals surface area contributed by atoms with E-state index >= 15 is 0 Å². The second-order valence-corrected chi connectivity index (χ2v) is 8.56. The van der Waals surface area contributed by atoms with E-state index in [2.05, 4.69) is 25.9 Å². The first-order chi connectivity index (χ1) is 14.2. The van der Waals surface area contributed by atoms with Crippen molar-refractivity contribution >= 4 is 11.5 Å². The molecule has 1 heterocycles. The van der Waals surface area contributed by atoms with E-state index < -0.39 is 4.92 Å². The maximum atomic E-state index is 13.0. The van der Waals surface area contributed by atoms with Crippen molar-refractivity contribution in [2.24, 2.45) is 0 Å². The van der Waals surface area contributed by atoms with E-state index in [1.165, 1.54) is 0 Å². The topological polar surface area (TPSA) is 86.2 Å². The lowest BCUT2D eigenvalue weighted by atomic mass is 9.85. The van der Waals surface area contributed by atoms with Crippen LogP contribution in [-0.2, 0) is 11.8 Å². The zero-order valence-electron chi connectivity index (χ0n) is 17.7. The second-order valence-electron chi connectivity index (χ2n) is 8.56. The molecular weight excluding hydrogens is 380 g/mol. The molecule has 3 rings (SSSR count). The molecule has 6 heteroatoms. The van der Waals surface area contributed by atoms with Gasteiger partial charge in [0.15, 0.2) is 11.5 Å². The van der Waals surface area contributed by atoms with Crippen LogP contribution < -0.4 is 0 Å². The molecule has 0 fully saturated rings. The number of nitrogens with zero attached hydrogens (tertiary/aromatic N) is 2. The highest BCUT2D eigenvalue weighted by atomic mass is 16.6. The Hall–Kier alpha value is -3.28. The van der Waals surface area contributed by atoms with Gasteiger partial charge in [0.2, 0.25) is 5.76 Å². The van der Waals surface area contributed by atoms with Crippen LogP contribution in [0.5, 0.6) is 0 Å². The van der Waals surface area contributed by atoms with E-state index in [9.17, 15) is 14.9 Å². The molecule has 0 amide bonds. The Morgan fingerprint density at radius 3 is 2.30 bits per heavy atom. The van der Waals surface area contributed by atoms with E-state index in [0.717, 1.165) is 11.1 Å². The molecule has 30 heavy (non-hydrogen) atoms. The summed E-state index contributed by atoms with van der Waals surface area (Å²) in [5.74, 6) is -0.0718. The number of ketones is 1. The average molecular weight is 406 g/mol. The molecule has 1 aromatic heterocycles. The van der Waals surface area contributed by atoms with Crippen molar-refractivity contribution in [2.75, 3.05) is 0 Å². The summed E-state index contributed by atoms with van der Waals surface area (Å²) in [6.45, 7) is 7.93. The van der Waals surface area contributed by atoms with E-state index in [4.69, 9.17) is 4.52 Å². The predicted octanol–water partition coefficient (Wildman–Crippen LogP) is 5.79. The molecule has 0 saturated heterocycles. The summed E-state index contributed by atoms with van der Waals surface area (Å²) in [5.41, 5.74) is 2.86. The van der Waals surface area contributed by atoms with Crippen LogP contribution in [0.2, 0.25) is 0 Å². The Labute approximate surface area is 176 Å². The number of carbonyl (C=O) groups is 1. The highest BCUT2D eigenvalue weighted by molar-refractivity contribution is 5.96. The van der Waals surface area contributed by atoms with Gasteiger partial charge >= 0.3 is 5.69 Å². The largest absolute Gasteiger partial charge is 0.354 e. The van der Waals surface area contributed by atoms with Gasteiger partial charge in [-0.15, -0.1) is 0 Å². The summed E-state index contributed by atoms with van der Waals surface area (Å²) in [6, 6.07) is 17.2. The zero-order chi connectivity index (χ0) is 21.9. The molecule has 0 aliphatic rings. The molecular formula is C24H26N2O4. The van der Waals surface area contributed by atoms with Gasteiger partial charge in [-0.2, -0.15) is 0 Å². The molecule has 0 N–H and O–H groups in total. The van der Waals surface area contributed by atoms with Gasteiger partial charge in [0.1, 0.15) is 0 Å². The van der Waals surface area contributed by atoms with Gasteiger partial charge in [-0.05, 0) is 29.4 Å². The first-order valence-corrected chi connectivity index (χ1v) is 9.95. The van der Waals surface area contributed by atoms with Gasteiger partial charge in [-0.25, -0.2) is 0 Å². The number of hydrogen-bond acceptors (Lipinski definition) is 5. The fraction of sp³-hybridized carbons (Fsp3) is 0.333. The molecule has 0 bridgehead atoms. The molecule has 3 aromatic rings. The van der Waals surface area contributed by atoms with Crippen molar-refractivity contribution in [3.8, 4) is 0 Å². The summed E-state index contributed by atoms with van der Waals surface area (Å²) in [5, 5.41) is 15.2. The summed E-state index contributed by atoms with van der Waals surface area (Å²) in [7, 11) is 0. The third kappa shape index (κ3) is 4.82. The summed E-state index contributed by atoms with van der Waals surface area (Å²) < 4.78 is 5.25. The fourth-order valence-corrected chi connectivity index (χ4v) is 3.53. The number of nitro groups is 1. The molecule has 0 aliphatic heterocycles. The van der Waals surface area contributed by atoms with Gasteiger partial charge < -0.3 is 4.52 Å². The molecule has 1 atom stereocenters. The van der Waals surface area contributed by atoms with Crippen LogP contribution in [-0.4, -0.2) is 15.9 Å². The van der Waals surface area contributed by atoms with Crippen molar-refractivity contribution in [3.05, 3.63) is 92.9 Å². The zero-order valence-corrected chi connectivity index (χ0v) is 17.7. The van der Waals surface area contributed by atoms with Crippen LogP contribution in [0.25, 0.3) is 0 Å². The number of Topliss-reactive ketones (excluding diaryl/α,β-unsaturated/α-hetero) is 1. The molecule has 6 nitrogen and oxygen atoms in total. The third-order valence-electron chi connectivity index (χ3n) is 5.29. The number of carbonyl (C=O) groups excluding carboxylic acids is 1. The Balaban J connectivity index is 1.87. The third-order valence-corrected chi connectivity index (χ3v) is 5.29. The fourth-order valence-electron chi connectivity index (χ4n) is 3.53. The summed E-state index contributed by atoms with van der Waals surface area (Å²) in [4.78, 5) is 24.0. The molecule has 0 unspecified atom stereocenters. The predicted molar refractivity (Wildman–Crippen MR) is 115 cm³/mol. The lowest BCUT2D eigenvalue weighted by molar-refractivity contribution is -0.386. The standard InChI is InChI=1S/C24H26N2O4/c1-16-23(26(28)29)22(30-25-16)15-19(17-8-6-5-7-9-17)14-21(27)18-10-12-20(13-11-18)24(2,3)4/h5-13,19H,14-15H2,1-4H3/t19-/m1/s1. The Morgan fingerprint density at radius 1 is 1.10 bits per heavy atom. The van der Waals surface area contributed by atoms with Crippen molar-refractivity contribution in [3.63, 3.8) is 0 Å². The Kier molecular flexibility index (Phi) is 6.15. The SMILES string of the molecule is Cc1noc(C[C@@H](CC(=O)c2ccc(C(C)(C)C)cc2)c2ccccc2)c1[N+](=O)[O-]. The smallest absolute Gasteiger partial charge is 0.334 e. The molecule has 2 aromatic carbocycles. The van der Waals surface area contributed by atoms with Gasteiger partial charge in [-0.3, -0.25) is 14.9 Å². The molecule has 0 radical (unpaired) electrons. The molecule has 156 valence electrons. The number of aryl methyl sites for hydroxylation is 1. The van der Waals surface area contributed by atoms with Crippen molar-refractivity contribution in [1.29, 1.82) is 0 Å². The minimum atomic E-state index is -0.476. The quantitative estimate of drug-likeness (QED) is 0.282. The van der Waals surface area contributed by atoms with Crippen molar-refractivity contribution < 1.29 is 14.2 Å². The highest BCUT2D eigenvalue weighted by Crippen LogP contribution is 2.32. The first kappa shape index (κ1) is 21.4.